The zero-order valence-electron chi connectivity index (χ0n) is 15.9. The summed E-state index contributed by atoms with van der Waals surface area (Å²) >= 11 is 0. The summed E-state index contributed by atoms with van der Waals surface area (Å²) < 4.78 is 5.23. The molecule has 2 aromatic carbocycles. The van der Waals surface area contributed by atoms with Crippen LogP contribution in [0.3, 0.4) is 0 Å². The quantitative estimate of drug-likeness (QED) is 0.598. The van der Waals surface area contributed by atoms with Gasteiger partial charge in [-0.15, -0.1) is 0 Å². The van der Waals surface area contributed by atoms with Crippen LogP contribution >= 0.6 is 0 Å². The maximum Gasteiger partial charge on any atom is 0.251 e. The largest absolute Gasteiger partial charge is 0.399 e. The van der Waals surface area contributed by atoms with Gasteiger partial charge in [-0.1, -0.05) is 0 Å². The van der Waals surface area contributed by atoms with E-state index < -0.39 is 0 Å². The molecule has 2 fully saturated rings. The number of hydrogen-bond acceptors (Lipinski definition) is 6. The minimum absolute atomic E-state index is 0.0353. The predicted octanol–water partition coefficient (Wildman–Crippen LogP) is 1.63. The molecule has 6 N–H and O–H groups in total. The summed E-state index contributed by atoms with van der Waals surface area (Å²) in [6.45, 7) is 2.94. The first-order valence-corrected chi connectivity index (χ1v) is 9.54. The Morgan fingerprint density at radius 1 is 0.964 bits per heavy atom. The normalized spacial score (nSPS) is 17.2. The van der Waals surface area contributed by atoms with Gasteiger partial charge in [-0.25, -0.2) is 0 Å². The third-order valence-corrected chi connectivity index (χ3v) is 4.85. The lowest BCUT2D eigenvalue weighted by atomic mass is 10.1. The van der Waals surface area contributed by atoms with Crippen molar-refractivity contribution in [3.63, 3.8) is 0 Å². The monoisotopic (exact) mass is 384 g/mol. The topological polar surface area (TPSA) is 114 Å². The van der Waals surface area contributed by atoms with Crippen LogP contribution in [0.25, 0.3) is 0 Å². The van der Waals surface area contributed by atoms with Gasteiger partial charge in [0.2, 0.25) is 0 Å². The summed E-state index contributed by atoms with van der Waals surface area (Å²) in [5.74, 6) is -0.0353. The van der Waals surface area contributed by atoms with Crippen LogP contribution < -0.4 is 21.7 Å². The second kappa shape index (κ2) is 9.43. The smallest absolute Gasteiger partial charge is 0.251 e. The number of carbonyl (C=O) groups is 1. The Morgan fingerprint density at radius 2 is 1.50 bits per heavy atom. The van der Waals surface area contributed by atoms with Crippen molar-refractivity contribution in [2.45, 2.75) is 25.0 Å². The van der Waals surface area contributed by atoms with E-state index >= 15 is 0 Å². The van der Waals surface area contributed by atoms with Crippen molar-refractivity contribution in [2.75, 3.05) is 42.7 Å². The number of aliphatic hydroxyl groups is 1. The number of nitrogens with one attached hydrogen (secondary N) is 1. The zero-order chi connectivity index (χ0) is 19.9. The minimum atomic E-state index is -0.150. The predicted molar refractivity (Wildman–Crippen MR) is 111 cm³/mol. The average Bonchev–Trinajstić information content (AvgIpc) is 2.68. The summed E-state index contributed by atoms with van der Waals surface area (Å²) in [4.78, 5) is 13.9. The average molecular weight is 384 g/mol. The molecule has 2 saturated heterocycles. The molecule has 0 bridgehead atoms. The number of ether oxygens (including phenoxy) is 1. The molecule has 2 aliphatic heterocycles. The van der Waals surface area contributed by atoms with E-state index in [2.05, 4.69) is 10.2 Å². The molecule has 4 rings (SSSR count). The summed E-state index contributed by atoms with van der Waals surface area (Å²) in [6, 6.07) is 14.9. The SMILES string of the molecule is Nc1ccc(C(=O)NC2CCOCC2)cc1.Nc1ccc(N2CC(O)C2)cc1. The van der Waals surface area contributed by atoms with Crippen LogP contribution in [0.2, 0.25) is 0 Å². The molecule has 150 valence electrons. The summed E-state index contributed by atoms with van der Waals surface area (Å²) in [5.41, 5.74) is 14.3. The lowest BCUT2D eigenvalue weighted by Crippen LogP contribution is -2.50. The van der Waals surface area contributed by atoms with Crippen molar-refractivity contribution in [1.29, 1.82) is 0 Å². The fourth-order valence-electron chi connectivity index (χ4n) is 3.10. The molecule has 0 aliphatic carbocycles. The number of nitrogen functional groups attached to an aromatic ring is 2. The Balaban J connectivity index is 0.000000167. The molecule has 28 heavy (non-hydrogen) atoms. The van der Waals surface area contributed by atoms with Gasteiger partial charge in [0.1, 0.15) is 0 Å². The van der Waals surface area contributed by atoms with Crippen molar-refractivity contribution >= 4 is 23.0 Å². The van der Waals surface area contributed by atoms with Crippen molar-refractivity contribution in [1.82, 2.24) is 5.32 Å². The van der Waals surface area contributed by atoms with E-state index in [4.69, 9.17) is 21.3 Å². The number of carbonyl (C=O) groups excluding carboxylic acids is 1. The Morgan fingerprint density at radius 3 is 2.04 bits per heavy atom. The highest BCUT2D eigenvalue weighted by Gasteiger charge is 2.24. The molecule has 7 heteroatoms. The lowest BCUT2D eigenvalue weighted by molar-refractivity contribution is 0.0696. The first kappa shape index (κ1) is 20.0. The molecule has 1 amide bonds. The number of nitrogens with two attached hydrogens (primary N) is 2. The molecule has 0 unspecified atom stereocenters. The summed E-state index contributed by atoms with van der Waals surface area (Å²) in [5, 5.41) is 12.1. The number of β-amino-alcohol motifs (C(OH)–C–C–N with tert-alkyl or cyclic N) is 1. The van der Waals surface area contributed by atoms with Crippen molar-refractivity contribution in [3.05, 3.63) is 54.1 Å². The van der Waals surface area contributed by atoms with Gasteiger partial charge in [0, 0.05) is 55.0 Å². The Labute approximate surface area is 165 Å². The van der Waals surface area contributed by atoms with Crippen LogP contribution in [-0.4, -0.2) is 49.5 Å². The molecule has 2 aromatic rings. The van der Waals surface area contributed by atoms with Crippen LogP contribution in [0, 0.1) is 0 Å². The van der Waals surface area contributed by atoms with Crippen LogP contribution in [-0.2, 0) is 4.74 Å². The molecule has 0 aromatic heterocycles. The van der Waals surface area contributed by atoms with Gasteiger partial charge in [-0.3, -0.25) is 4.79 Å². The highest BCUT2D eigenvalue weighted by atomic mass is 16.5. The standard InChI is InChI=1S/C12H16N2O2.C9H12N2O/c13-10-3-1-9(2-4-10)12(15)14-11-5-7-16-8-6-11;10-7-1-3-8(4-2-7)11-5-9(12)6-11/h1-4,11H,5-8,13H2,(H,14,15);1-4,9,12H,5-6,10H2. The number of hydrogen-bond donors (Lipinski definition) is 4. The molecule has 0 atom stereocenters. The first-order valence-electron chi connectivity index (χ1n) is 9.54. The van der Waals surface area contributed by atoms with Crippen molar-refractivity contribution in [2.24, 2.45) is 0 Å². The van der Waals surface area contributed by atoms with E-state index in [1.54, 1.807) is 24.3 Å². The summed E-state index contributed by atoms with van der Waals surface area (Å²) in [6.07, 6.45) is 1.63. The molecule has 7 nitrogen and oxygen atoms in total. The number of anilines is 3. The number of nitrogens with zero attached hydrogens (tertiary/aromatic N) is 1. The Bertz CT molecular complexity index is 752. The van der Waals surface area contributed by atoms with Crippen LogP contribution in [0.5, 0.6) is 0 Å². The second-order valence-corrected chi connectivity index (χ2v) is 7.13. The van der Waals surface area contributed by atoms with Crippen LogP contribution in [0.15, 0.2) is 48.5 Å². The zero-order valence-corrected chi connectivity index (χ0v) is 15.9. The number of aliphatic hydroxyl groups excluding tert-OH is 1. The molecule has 2 heterocycles. The fourth-order valence-corrected chi connectivity index (χ4v) is 3.10. The molecular formula is C21H28N4O3. The van der Waals surface area contributed by atoms with E-state index in [0.717, 1.165) is 50.5 Å². The minimum Gasteiger partial charge on any atom is -0.399 e. The highest BCUT2D eigenvalue weighted by molar-refractivity contribution is 5.94. The molecular weight excluding hydrogens is 356 g/mol. The number of amides is 1. The third-order valence-electron chi connectivity index (χ3n) is 4.85. The Kier molecular flexibility index (Phi) is 6.73. The van der Waals surface area contributed by atoms with Gasteiger partial charge in [-0.05, 0) is 61.4 Å². The molecule has 0 saturated carbocycles. The van der Waals surface area contributed by atoms with E-state index in [1.807, 2.05) is 24.3 Å². The van der Waals surface area contributed by atoms with E-state index in [9.17, 15) is 4.79 Å². The van der Waals surface area contributed by atoms with Gasteiger partial charge in [0.25, 0.3) is 5.91 Å². The first-order chi connectivity index (χ1) is 13.5. The van der Waals surface area contributed by atoms with Crippen molar-refractivity contribution in [3.8, 4) is 0 Å². The van der Waals surface area contributed by atoms with E-state index in [1.165, 1.54) is 0 Å². The lowest BCUT2D eigenvalue weighted by Gasteiger charge is -2.37. The van der Waals surface area contributed by atoms with Gasteiger partial charge >= 0.3 is 0 Å². The van der Waals surface area contributed by atoms with Gasteiger partial charge in [0.05, 0.1) is 6.10 Å². The van der Waals surface area contributed by atoms with Gasteiger partial charge in [0.15, 0.2) is 0 Å². The summed E-state index contributed by atoms with van der Waals surface area (Å²) in [7, 11) is 0. The Hall–Kier alpha value is -2.77. The molecule has 2 aliphatic rings. The van der Waals surface area contributed by atoms with Crippen LogP contribution in [0.4, 0.5) is 17.1 Å². The fraction of sp³-hybridized carbons (Fsp3) is 0.381. The van der Waals surface area contributed by atoms with E-state index in [-0.39, 0.29) is 18.1 Å². The third kappa shape index (κ3) is 5.61. The maximum absolute atomic E-state index is 11.8. The highest BCUT2D eigenvalue weighted by Crippen LogP contribution is 2.21. The maximum atomic E-state index is 11.8. The van der Waals surface area contributed by atoms with Crippen molar-refractivity contribution < 1.29 is 14.6 Å². The number of benzene rings is 2. The van der Waals surface area contributed by atoms with E-state index in [0.29, 0.717) is 11.3 Å². The molecule has 0 spiro atoms. The van der Waals surface area contributed by atoms with Gasteiger partial charge in [-0.2, -0.15) is 0 Å². The van der Waals surface area contributed by atoms with Crippen LogP contribution in [0.1, 0.15) is 23.2 Å². The van der Waals surface area contributed by atoms with Gasteiger partial charge < -0.3 is 31.5 Å². The number of rotatable bonds is 3. The second-order valence-electron chi connectivity index (χ2n) is 7.13. The molecule has 0 radical (unpaired) electrons.